The standard InChI is InChI=1S/C12H15N3S/c1-12(2,3)15-11-7-9(13-8-14-11)10-5-4-6-16-10/h4-8H,1-3H3,(H,13,14,15). The number of nitrogens with one attached hydrogen (secondary N) is 1. The van der Waals surface area contributed by atoms with Gasteiger partial charge in [0.1, 0.15) is 12.1 Å². The molecule has 0 amide bonds. The molecule has 2 rings (SSSR count). The maximum Gasteiger partial charge on any atom is 0.130 e. The molecule has 2 aromatic heterocycles. The Labute approximate surface area is 99.6 Å². The molecule has 2 heterocycles. The third-order valence-corrected chi connectivity index (χ3v) is 2.84. The Morgan fingerprint density at radius 1 is 1.25 bits per heavy atom. The van der Waals surface area contributed by atoms with Crippen LogP contribution in [0.2, 0.25) is 0 Å². The van der Waals surface area contributed by atoms with Gasteiger partial charge in [-0.15, -0.1) is 11.3 Å². The lowest BCUT2D eigenvalue weighted by molar-refractivity contribution is 0.630. The summed E-state index contributed by atoms with van der Waals surface area (Å²) in [7, 11) is 0. The smallest absolute Gasteiger partial charge is 0.130 e. The molecule has 0 fully saturated rings. The van der Waals surface area contributed by atoms with Crippen LogP contribution >= 0.6 is 11.3 Å². The predicted octanol–water partition coefficient (Wildman–Crippen LogP) is 3.42. The van der Waals surface area contributed by atoms with Gasteiger partial charge in [0.25, 0.3) is 0 Å². The lowest BCUT2D eigenvalue weighted by Gasteiger charge is -2.21. The minimum Gasteiger partial charge on any atom is -0.365 e. The zero-order valence-electron chi connectivity index (χ0n) is 9.69. The van der Waals surface area contributed by atoms with Crippen molar-refractivity contribution in [2.24, 2.45) is 0 Å². The first kappa shape index (κ1) is 11.1. The molecule has 0 atom stereocenters. The van der Waals surface area contributed by atoms with Gasteiger partial charge in [0, 0.05) is 11.6 Å². The third-order valence-electron chi connectivity index (χ3n) is 1.94. The van der Waals surface area contributed by atoms with Crippen LogP contribution in [0.3, 0.4) is 0 Å². The highest BCUT2D eigenvalue weighted by Gasteiger charge is 2.11. The van der Waals surface area contributed by atoms with Crippen LogP contribution in [-0.2, 0) is 0 Å². The summed E-state index contributed by atoms with van der Waals surface area (Å²) in [5.74, 6) is 0.867. The molecule has 0 bridgehead atoms. The third kappa shape index (κ3) is 2.79. The maximum atomic E-state index is 4.27. The van der Waals surface area contributed by atoms with E-state index in [2.05, 4.69) is 42.1 Å². The van der Waals surface area contributed by atoms with Crippen LogP contribution in [0.5, 0.6) is 0 Å². The summed E-state index contributed by atoms with van der Waals surface area (Å²) in [4.78, 5) is 9.65. The van der Waals surface area contributed by atoms with Gasteiger partial charge in [-0.2, -0.15) is 0 Å². The van der Waals surface area contributed by atoms with E-state index in [9.17, 15) is 0 Å². The van der Waals surface area contributed by atoms with Crippen molar-refractivity contribution in [2.75, 3.05) is 5.32 Å². The van der Waals surface area contributed by atoms with Gasteiger partial charge in [-0.25, -0.2) is 9.97 Å². The second kappa shape index (κ2) is 4.22. The molecule has 0 radical (unpaired) electrons. The van der Waals surface area contributed by atoms with E-state index in [1.54, 1.807) is 17.7 Å². The number of aromatic nitrogens is 2. The molecular formula is C12H15N3S. The molecule has 3 nitrogen and oxygen atoms in total. The molecule has 2 aromatic rings. The Morgan fingerprint density at radius 2 is 2.06 bits per heavy atom. The van der Waals surface area contributed by atoms with Crippen molar-refractivity contribution in [2.45, 2.75) is 26.3 Å². The molecule has 0 aromatic carbocycles. The van der Waals surface area contributed by atoms with Crippen LogP contribution in [0.15, 0.2) is 29.9 Å². The van der Waals surface area contributed by atoms with E-state index >= 15 is 0 Å². The van der Waals surface area contributed by atoms with Crippen LogP contribution < -0.4 is 5.32 Å². The minimum atomic E-state index is 0.0150. The molecule has 0 unspecified atom stereocenters. The molecule has 0 aliphatic carbocycles. The monoisotopic (exact) mass is 233 g/mol. The molecule has 0 saturated carbocycles. The van der Waals surface area contributed by atoms with Gasteiger partial charge in [0.15, 0.2) is 0 Å². The molecule has 84 valence electrons. The van der Waals surface area contributed by atoms with Gasteiger partial charge in [0.05, 0.1) is 10.6 Å². The van der Waals surface area contributed by atoms with Gasteiger partial charge in [-0.1, -0.05) is 6.07 Å². The molecule has 0 aliphatic heterocycles. The van der Waals surface area contributed by atoms with E-state index in [4.69, 9.17) is 0 Å². The quantitative estimate of drug-likeness (QED) is 0.863. The normalized spacial score (nSPS) is 11.4. The first-order chi connectivity index (χ1) is 7.54. The van der Waals surface area contributed by atoms with E-state index < -0.39 is 0 Å². The van der Waals surface area contributed by atoms with E-state index in [0.717, 1.165) is 11.5 Å². The van der Waals surface area contributed by atoms with Crippen molar-refractivity contribution >= 4 is 17.2 Å². The van der Waals surface area contributed by atoms with Gasteiger partial charge in [-0.3, -0.25) is 0 Å². The second-order valence-corrected chi connectivity index (χ2v) is 5.59. The number of thiophene rings is 1. The van der Waals surface area contributed by atoms with E-state index in [-0.39, 0.29) is 5.54 Å². The second-order valence-electron chi connectivity index (χ2n) is 4.64. The van der Waals surface area contributed by atoms with Gasteiger partial charge < -0.3 is 5.32 Å². The summed E-state index contributed by atoms with van der Waals surface area (Å²) >= 11 is 1.68. The fraction of sp³-hybridized carbons (Fsp3) is 0.333. The Hall–Kier alpha value is -1.42. The van der Waals surface area contributed by atoms with Crippen LogP contribution in [0.4, 0.5) is 5.82 Å². The molecule has 0 saturated heterocycles. The van der Waals surface area contributed by atoms with E-state index in [1.807, 2.05) is 17.5 Å². The maximum absolute atomic E-state index is 4.27. The fourth-order valence-corrected chi connectivity index (χ4v) is 2.06. The number of anilines is 1. The summed E-state index contributed by atoms with van der Waals surface area (Å²) < 4.78 is 0. The largest absolute Gasteiger partial charge is 0.365 e. The van der Waals surface area contributed by atoms with E-state index in [1.165, 1.54) is 4.88 Å². The molecule has 4 heteroatoms. The van der Waals surface area contributed by atoms with Crippen molar-refractivity contribution in [3.05, 3.63) is 29.9 Å². The van der Waals surface area contributed by atoms with Crippen molar-refractivity contribution in [3.63, 3.8) is 0 Å². The van der Waals surface area contributed by atoms with Gasteiger partial charge >= 0.3 is 0 Å². The Balaban J connectivity index is 2.27. The average Bonchev–Trinajstić information content (AvgIpc) is 2.68. The number of hydrogen-bond donors (Lipinski definition) is 1. The number of rotatable bonds is 2. The van der Waals surface area contributed by atoms with Gasteiger partial charge in [0.2, 0.25) is 0 Å². The van der Waals surface area contributed by atoms with E-state index in [0.29, 0.717) is 0 Å². The lowest BCUT2D eigenvalue weighted by atomic mass is 10.1. The van der Waals surface area contributed by atoms with Gasteiger partial charge in [-0.05, 0) is 32.2 Å². The van der Waals surface area contributed by atoms with Crippen LogP contribution in [-0.4, -0.2) is 15.5 Å². The van der Waals surface area contributed by atoms with Crippen LogP contribution in [0.25, 0.3) is 10.6 Å². The summed E-state index contributed by atoms with van der Waals surface area (Å²) in [6, 6.07) is 6.07. The first-order valence-corrected chi connectivity index (χ1v) is 6.07. The first-order valence-electron chi connectivity index (χ1n) is 5.19. The summed E-state index contributed by atoms with van der Waals surface area (Å²) in [5.41, 5.74) is 0.984. The highest BCUT2D eigenvalue weighted by molar-refractivity contribution is 7.13. The summed E-state index contributed by atoms with van der Waals surface area (Å²) in [5, 5.41) is 5.39. The Morgan fingerprint density at radius 3 is 2.69 bits per heavy atom. The molecular weight excluding hydrogens is 218 g/mol. The Bertz CT molecular complexity index is 457. The average molecular weight is 233 g/mol. The van der Waals surface area contributed by atoms with Crippen molar-refractivity contribution in [1.29, 1.82) is 0 Å². The van der Waals surface area contributed by atoms with Crippen LogP contribution in [0, 0.1) is 0 Å². The number of nitrogens with zero attached hydrogens (tertiary/aromatic N) is 2. The fourth-order valence-electron chi connectivity index (χ4n) is 1.37. The Kier molecular flexibility index (Phi) is 2.92. The minimum absolute atomic E-state index is 0.0150. The zero-order valence-corrected chi connectivity index (χ0v) is 10.5. The molecule has 0 spiro atoms. The van der Waals surface area contributed by atoms with Crippen molar-refractivity contribution in [3.8, 4) is 10.6 Å². The SMILES string of the molecule is CC(C)(C)Nc1cc(-c2cccs2)ncn1. The summed E-state index contributed by atoms with van der Waals surface area (Å²) in [6.45, 7) is 6.33. The van der Waals surface area contributed by atoms with Crippen molar-refractivity contribution in [1.82, 2.24) is 9.97 Å². The molecule has 1 N–H and O–H groups in total. The number of hydrogen-bond acceptors (Lipinski definition) is 4. The van der Waals surface area contributed by atoms with Crippen molar-refractivity contribution < 1.29 is 0 Å². The summed E-state index contributed by atoms with van der Waals surface area (Å²) in [6.07, 6.45) is 1.60. The van der Waals surface area contributed by atoms with Crippen LogP contribution in [0.1, 0.15) is 20.8 Å². The highest BCUT2D eigenvalue weighted by Crippen LogP contribution is 2.24. The molecule has 16 heavy (non-hydrogen) atoms. The topological polar surface area (TPSA) is 37.8 Å². The highest BCUT2D eigenvalue weighted by atomic mass is 32.1. The predicted molar refractivity (Wildman–Crippen MR) is 68.7 cm³/mol. The lowest BCUT2D eigenvalue weighted by Crippen LogP contribution is -2.26. The zero-order chi connectivity index (χ0) is 11.6. The molecule has 0 aliphatic rings.